The highest BCUT2D eigenvalue weighted by Gasteiger charge is 2.57. The van der Waals surface area contributed by atoms with E-state index >= 15 is 0 Å². The summed E-state index contributed by atoms with van der Waals surface area (Å²) in [5.41, 5.74) is 1.26. The number of anilines is 1. The molecule has 1 N–H and O–H groups in total. The fourth-order valence-electron chi connectivity index (χ4n) is 5.44. The number of hydrogen-bond acceptors (Lipinski definition) is 6. The first-order valence-electron chi connectivity index (χ1n) is 12.3. The van der Waals surface area contributed by atoms with Gasteiger partial charge in [0.2, 0.25) is 0 Å². The molecule has 0 spiro atoms. The highest BCUT2D eigenvalue weighted by molar-refractivity contribution is 8.17. The molecule has 1 saturated carbocycles. The van der Waals surface area contributed by atoms with Crippen molar-refractivity contribution >= 4 is 40.3 Å². The van der Waals surface area contributed by atoms with E-state index in [1.807, 2.05) is 13.8 Å². The number of benzene rings is 1. The van der Waals surface area contributed by atoms with Crippen LogP contribution in [0.25, 0.3) is 0 Å². The number of carbonyl (C=O) groups excluding carboxylic acids is 3. The minimum Gasteiger partial charge on any atom is -0.497 e. The molecule has 3 heterocycles. The van der Waals surface area contributed by atoms with Crippen molar-refractivity contribution in [2.75, 3.05) is 25.6 Å². The fourth-order valence-corrected chi connectivity index (χ4v) is 6.75. The van der Waals surface area contributed by atoms with Gasteiger partial charge in [-0.3, -0.25) is 4.79 Å². The molecule has 1 unspecified atom stereocenters. The Hall–Kier alpha value is -2.65. The number of fused-ring (bicyclic) bond motifs is 2. The van der Waals surface area contributed by atoms with E-state index in [9.17, 15) is 14.4 Å². The van der Waals surface area contributed by atoms with Crippen LogP contribution in [0, 0.1) is 5.92 Å². The normalized spacial score (nSPS) is 24.4. The van der Waals surface area contributed by atoms with Gasteiger partial charge >= 0.3 is 11.9 Å². The van der Waals surface area contributed by atoms with Crippen LogP contribution < -0.4 is 10.1 Å². The maximum Gasteiger partial charge on any atom is 0.502 e. The van der Waals surface area contributed by atoms with Gasteiger partial charge in [0.05, 0.1) is 19.3 Å². The fraction of sp³-hybridized carbons (Fsp3) is 0.538. The van der Waals surface area contributed by atoms with Crippen LogP contribution in [-0.2, 0) is 14.3 Å². The Morgan fingerprint density at radius 1 is 1.26 bits per heavy atom. The van der Waals surface area contributed by atoms with E-state index < -0.39 is 5.92 Å². The van der Waals surface area contributed by atoms with Gasteiger partial charge in [0, 0.05) is 16.7 Å². The molecular formula is C26H32N3O5S+. The van der Waals surface area contributed by atoms with Crippen LogP contribution in [-0.4, -0.2) is 64.3 Å². The Labute approximate surface area is 209 Å². The summed E-state index contributed by atoms with van der Waals surface area (Å²) in [5.74, 6) is -0.344. The molecule has 186 valence electrons. The Morgan fingerprint density at radius 2 is 2.03 bits per heavy atom. The topological polar surface area (TPSA) is 87.9 Å². The van der Waals surface area contributed by atoms with Gasteiger partial charge < -0.3 is 14.8 Å². The van der Waals surface area contributed by atoms with E-state index in [4.69, 9.17) is 9.47 Å². The average Bonchev–Trinajstić information content (AvgIpc) is 3.20. The highest BCUT2D eigenvalue weighted by Crippen LogP contribution is 2.48. The quantitative estimate of drug-likeness (QED) is 0.614. The molecule has 8 nitrogen and oxygen atoms in total. The van der Waals surface area contributed by atoms with Gasteiger partial charge in [-0.1, -0.05) is 24.2 Å². The number of nitrogens with one attached hydrogen (secondary N) is 1. The van der Waals surface area contributed by atoms with E-state index in [-0.39, 0.29) is 36.0 Å². The number of urea groups is 1. The third kappa shape index (κ3) is 4.63. The molecule has 3 aliphatic heterocycles. The lowest BCUT2D eigenvalue weighted by atomic mass is 9.85. The first-order valence-corrected chi connectivity index (χ1v) is 13.1. The predicted molar refractivity (Wildman–Crippen MR) is 134 cm³/mol. The molecule has 4 amide bonds. The van der Waals surface area contributed by atoms with Crippen molar-refractivity contribution in [3.05, 3.63) is 34.7 Å². The molecule has 0 aromatic heterocycles. The first kappa shape index (κ1) is 24.1. The smallest absolute Gasteiger partial charge is 0.497 e. The monoisotopic (exact) mass is 498 g/mol. The average molecular weight is 499 g/mol. The van der Waals surface area contributed by atoms with Crippen molar-refractivity contribution in [3.8, 4) is 5.75 Å². The van der Waals surface area contributed by atoms with Crippen molar-refractivity contribution in [3.63, 3.8) is 0 Å². The number of ether oxygens (including phenoxy) is 2. The summed E-state index contributed by atoms with van der Waals surface area (Å²) in [6.45, 7) is 4.31. The molecule has 0 radical (unpaired) electrons. The second-order valence-electron chi connectivity index (χ2n) is 10.2. The summed E-state index contributed by atoms with van der Waals surface area (Å²) in [6, 6.07) is 6.59. The maximum absolute atomic E-state index is 13.8. The number of methoxy groups -OCH3 is 1. The van der Waals surface area contributed by atoms with Crippen molar-refractivity contribution in [2.24, 2.45) is 5.92 Å². The standard InChI is InChI=1S/C26H31N3O5S/c1-26(2)13-19-20(15-34-26)35-24-22(19)23(31)29(17-9-5-4-6-10-17)25(32)28(24)14-21(30)27-16-8-7-11-18(12-16)33-3/h7-8,11-12,17,22H,4-6,9-10,13-15H2,1-3H3/p+1. The van der Waals surface area contributed by atoms with Gasteiger partial charge in [0.15, 0.2) is 17.5 Å². The molecule has 1 fully saturated rings. The Kier molecular flexibility index (Phi) is 6.48. The number of hydrogen-bond donors (Lipinski definition) is 1. The number of carbonyl (C=O) groups is 3. The van der Waals surface area contributed by atoms with E-state index in [2.05, 4.69) is 5.32 Å². The van der Waals surface area contributed by atoms with Gasteiger partial charge in [-0.2, -0.15) is 14.3 Å². The molecule has 1 atom stereocenters. The number of rotatable bonds is 5. The van der Waals surface area contributed by atoms with Crippen molar-refractivity contribution in [1.29, 1.82) is 0 Å². The van der Waals surface area contributed by atoms with Crippen LogP contribution in [0.1, 0.15) is 52.4 Å². The van der Waals surface area contributed by atoms with Crippen molar-refractivity contribution in [2.45, 2.75) is 64.0 Å². The van der Waals surface area contributed by atoms with Crippen LogP contribution in [0.5, 0.6) is 5.75 Å². The Bertz CT molecular complexity index is 1140. The van der Waals surface area contributed by atoms with Crippen LogP contribution in [0.2, 0.25) is 0 Å². The largest absolute Gasteiger partial charge is 0.502 e. The van der Waals surface area contributed by atoms with Gasteiger partial charge in [0.25, 0.3) is 5.91 Å². The van der Waals surface area contributed by atoms with Crippen LogP contribution in [0.15, 0.2) is 34.7 Å². The van der Waals surface area contributed by atoms with Crippen LogP contribution >= 0.6 is 11.8 Å². The van der Waals surface area contributed by atoms with Gasteiger partial charge in [-0.15, -0.1) is 0 Å². The molecule has 35 heavy (non-hydrogen) atoms. The molecule has 1 aromatic carbocycles. The summed E-state index contributed by atoms with van der Waals surface area (Å²) in [6.07, 6.45) is 5.39. The molecular weight excluding hydrogens is 466 g/mol. The van der Waals surface area contributed by atoms with Gasteiger partial charge in [-0.05, 0) is 63.7 Å². The van der Waals surface area contributed by atoms with E-state index in [0.717, 1.165) is 42.6 Å². The molecule has 0 saturated heterocycles. The number of thioether (sulfide) groups is 1. The van der Waals surface area contributed by atoms with Gasteiger partial charge in [-0.25, -0.2) is 4.79 Å². The predicted octanol–water partition coefficient (Wildman–Crippen LogP) is 4.16. The number of imide groups is 1. The zero-order valence-corrected chi connectivity index (χ0v) is 21.3. The SMILES string of the molecule is COc1cccc(NC(=O)C[N+]2=C3SC4=C(CC(C)(C)OC4)C3C(=O)N(C3CCCCC3)C2=O)c1. The summed E-state index contributed by atoms with van der Waals surface area (Å²) in [4.78, 5) is 43.1. The zero-order valence-electron chi connectivity index (χ0n) is 20.5. The lowest BCUT2D eigenvalue weighted by Crippen LogP contribution is -2.58. The lowest BCUT2D eigenvalue weighted by Gasteiger charge is -2.34. The molecule has 1 aliphatic carbocycles. The molecule has 0 bridgehead atoms. The van der Waals surface area contributed by atoms with E-state index in [1.165, 1.54) is 21.2 Å². The Morgan fingerprint density at radius 3 is 2.77 bits per heavy atom. The van der Waals surface area contributed by atoms with Crippen molar-refractivity contribution in [1.82, 2.24) is 4.90 Å². The third-order valence-corrected chi connectivity index (χ3v) is 8.47. The van der Waals surface area contributed by atoms with Crippen molar-refractivity contribution < 1.29 is 28.4 Å². The zero-order chi connectivity index (χ0) is 24.7. The summed E-state index contributed by atoms with van der Waals surface area (Å²) in [5, 5.41) is 3.51. The molecule has 1 aromatic rings. The minimum absolute atomic E-state index is 0.114. The van der Waals surface area contributed by atoms with E-state index in [0.29, 0.717) is 29.5 Å². The number of nitrogens with zero attached hydrogens (tertiary/aromatic N) is 2. The summed E-state index contributed by atoms with van der Waals surface area (Å²) in [7, 11) is 1.57. The third-order valence-electron chi connectivity index (χ3n) is 7.17. The molecule has 9 heteroatoms. The summed E-state index contributed by atoms with van der Waals surface area (Å²) < 4.78 is 12.8. The lowest BCUT2D eigenvalue weighted by molar-refractivity contribution is -0.426. The second-order valence-corrected chi connectivity index (χ2v) is 11.3. The van der Waals surface area contributed by atoms with E-state index in [1.54, 1.807) is 31.4 Å². The molecule has 5 rings (SSSR count). The van der Waals surface area contributed by atoms with Crippen LogP contribution in [0.4, 0.5) is 10.5 Å². The summed E-state index contributed by atoms with van der Waals surface area (Å²) >= 11 is 1.43. The second kappa shape index (κ2) is 9.43. The van der Waals surface area contributed by atoms with Gasteiger partial charge in [0.1, 0.15) is 11.8 Å². The minimum atomic E-state index is -0.512. The Balaban J connectivity index is 1.47. The first-order chi connectivity index (χ1) is 16.8. The molecule has 4 aliphatic rings. The van der Waals surface area contributed by atoms with Crippen LogP contribution in [0.3, 0.4) is 0 Å². The maximum atomic E-state index is 13.8. The highest BCUT2D eigenvalue weighted by atomic mass is 32.2. The number of amides is 4.